The molecule has 0 aromatic rings. The van der Waals surface area contributed by atoms with Crippen molar-refractivity contribution in [3.63, 3.8) is 0 Å². The summed E-state index contributed by atoms with van der Waals surface area (Å²) in [5.41, 5.74) is 0. The monoisotopic (exact) mass is 443 g/mol. The molecule has 182 valence electrons. The minimum absolute atomic E-state index is 0.130. The maximum absolute atomic E-state index is 11.5. The minimum Gasteiger partial charge on any atom is -0.459 e. The highest BCUT2D eigenvalue weighted by molar-refractivity contribution is 5.81. The number of rotatable bonds is 6. The predicted octanol–water partition coefficient (Wildman–Crippen LogP) is 7.29. The van der Waals surface area contributed by atoms with Gasteiger partial charge in [-0.3, -0.25) is 4.90 Å². The van der Waals surface area contributed by atoms with E-state index in [2.05, 4.69) is 25.3 Å². The van der Waals surface area contributed by atoms with Gasteiger partial charge in [0.15, 0.2) is 0 Å². The Labute approximate surface area is 197 Å². The lowest BCUT2D eigenvalue weighted by Crippen LogP contribution is -2.53. The van der Waals surface area contributed by atoms with Gasteiger partial charge in [0.25, 0.3) is 0 Å². The number of nitrogens with zero attached hydrogens (tertiary/aromatic N) is 1. The number of hydrogen-bond acceptors (Lipinski definition) is 3. The molecule has 0 spiro atoms. The number of hydrogen-bond donors (Lipinski definition) is 0. The largest absolute Gasteiger partial charge is 0.459 e. The smallest absolute Gasteiger partial charge is 0.330 e. The summed E-state index contributed by atoms with van der Waals surface area (Å²) in [7, 11) is 0. The Morgan fingerprint density at radius 1 is 0.719 bits per heavy atom. The molecule has 4 atom stereocenters. The molecule has 0 aromatic heterocycles. The first kappa shape index (κ1) is 24.3. The van der Waals surface area contributed by atoms with Gasteiger partial charge in [0.1, 0.15) is 6.10 Å². The van der Waals surface area contributed by atoms with Crippen LogP contribution in [0.2, 0.25) is 0 Å². The van der Waals surface area contributed by atoms with Crippen molar-refractivity contribution in [2.24, 2.45) is 23.7 Å². The van der Waals surface area contributed by atoms with E-state index in [1.807, 2.05) is 0 Å². The third-order valence-electron chi connectivity index (χ3n) is 9.66. The lowest BCUT2D eigenvalue weighted by molar-refractivity contribution is -0.145. The summed E-state index contributed by atoms with van der Waals surface area (Å²) in [6.45, 7) is 8.52. The Balaban J connectivity index is 1.32. The van der Waals surface area contributed by atoms with E-state index < -0.39 is 0 Å². The molecular formula is C29H49NO2. The maximum atomic E-state index is 11.5. The zero-order valence-electron chi connectivity index (χ0n) is 21.0. The number of esters is 1. The molecule has 3 heteroatoms. The van der Waals surface area contributed by atoms with Gasteiger partial charge in [0.2, 0.25) is 0 Å². The summed E-state index contributed by atoms with van der Waals surface area (Å²) in [4.78, 5) is 14.6. The molecule has 0 radical (unpaired) electrons. The molecule has 0 aliphatic heterocycles. The Bertz CT molecular complexity index is 580. The van der Waals surface area contributed by atoms with Crippen LogP contribution in [0, 0.1) is 23.7 Å². The van der Waals surface area contributed by atoms with Crippen LogP contribution in [-0.4, -0.2) is 35.1 Å². The molecule has 4 aliphatic rings. The van der Waals surface area contributed by atoms with E-state index in [1.165, 1.54) is 96.0 Å². The second kappa shape index (κ2) is 11.5. The van der Waals surface area contributed by atoms with Crippen LogP contribution in [0.4, 0.5) is 0 Å². The summed E-state index contributed by atoms with van der Waals surface area (Å²) >= 11 is 0. The summed E-state index contributed by atoms with van der Waals surface area (Å²) in [5.74, 6) is 3.34. The zero-order chi connectivity index (χ0) is 22.5. The standard InChI is InChI=1S/C29H49NO2/c1-4-29(31)32-28-17-13-24(14-18-28)23-11-15-25(16-12-23)30(26-9-5-7-21(2)19-26)27-10-6-8-22(3)20-27/h4,21-28H,1,5-20H2,2-3H3. The van der Waals surface area contributed by atoms with E-state index in [1.54, 1.807) is 0 Å². The molecule has 4 saturated carbocycles. The van der Waals surface area contributed by atoms with E-state index in [-0.39, 0.29) is 12.1 Å². The highest BCUT2D eigenvalue weighted by Gasteiger charge is 2.39. The van der Waals surface area contributed by atoms with Crippen LogP contribution in [0.3, 0.4) is 0 Å². The van der Waals surface area contributed by atoms with E-state index in [9.17, 15) is 4.79 Å². The van der Waals surface area contributed by atoms with Crippen LogP contribution in [0.5, 0.6) is 0 Å². The SMILES string of the molecule is C=CC(=O)OC1CCC(C2CCC(N(C3CCCC(C)C3)C3CCCC(C)C3)CC2)CC1. The highest BCUT2D eigenvalue weighted by atomic mass is 16.5. The van der Waals surface area contributed by atoms with Crippen molar-refractivity contribution < 1.29 is 9.53 Å². The first-order valence-electron chi connectivity index (χ1n) is 14.1. The van der Waals surface area contributed by atoms with Gasteiger partial charge in [-0.25, -0.2) is 4.79 Å². The lowest BCUT2D eigenvalue weighted by atomic mass is 9.71. The molecule has 32 heavy (non-hydrogen) atoms. The van der Waals surface area contributed by atoms with Gasteiger partial charge in [-0.2, -0.15) is 0 Å². The summed E-state index contributed by atoms with van der Waals surface area (Å²) in [6, 6.07) is 2.54. The number of carbonyl (C=O) groups is 1. The quantitative estimate of drug-likeness (QED) is 0.319. The van der Waals surface area contributed by atoms with Crippen molar-refractivity contribution in [1.29, 1.82) is 0 Å². The van der Waals surface area contributed by atoms with Crippen molar-refractivity contribution in [3.8, 4) is 0 Å². The molecule has 3 nitrogen and oxygen atoms in total. The Morgan fingerprint density at radius 3 is 1.69 bits per heavy atom. The Hall–Kier alpha value is -0.830. The molecule has 0 heterocycles. The average molecular weight is 444 g/mol. The van der Waals surface area contributed by atoms with Crippen LogP contribution in [0.25, 0.3) is 0 Å². The molecule has 4 rings (SSSR count). The van der Waals surface area contributed by atoms with Crippen LogP contribution in [0.15, 0.2) is 12.7 Å². The fourth-order valence-corrected chi connectivity index (χ4v) is 8.00. The van der Waals surface area contributed by atoms with Gasteiger partial charge in [-0.15, -0.1) is 0 Å². The van der Waals surface area contributed by atoms with Crippen LogP contribution < -0.4 is 0 Å². The summed E-state index contributed by atoms with van der Waals surface area (Å²) in [6.07, 6.45) is 23.3. The summed E-state index contributed by atoms with van der Waals surface area (Å²) in [5, 5.41) is 0. The second-order valence-electron chi connectivity index (χ2n) is 12.0. The molecule has 4 fully saturated rings. The van der Waals surface area contributed by atoms with Gasteiger partial charge < -0.3 is 4.74 Å². The van der Waals surface area contributed by atoms with Gasteiger partial charge in [0, 0.05) is 24.2 Å². The fraction of sp³-hybridized carbons (Fsp3) is 0.897. The summed E-state index contributed by atoms with van der Waals surface area (Å²) < 4.78 is 5.51. The van der Waals surface area contributed by atoms with Gasteiger partial charge in [-0.05, 0) is 101 Å². The van der Waals surface area contributed by atoms with E-state index in [0.29, 0.717) is 0 Å². The molecule has 0 N–H and O–H groups in total. The molecular weight excluding hydrogens is 394 g/mol. The van der Waals surface area contributed by atoms with Crippen LogP contribution >= 0.6 is 0 Å². The average Bonchev–Trinajstić information content (AvgIpc) is 2.80. The van der Waals surface area contributed by atoms with Gasteiger partial charge in [0.05, 0.1) is 0 Å². The third-order valence-corrected chi connectivity index (χ3v) is 9.66. The highest BCUT2D eigenvalue weighted by Crippen LogP contribution is 2.43. The van der Waals surface area contributed by atoms with Crippen molar-refractivity contribution in [2.45, 2.75) is 141 Å². The molecule has 0 bridgehead atoms. The molecule has 4 unspecified atom stereocenters. The van der Waals surface area contributed by atoms with Crippen molar-refractivity contribution in [1.82, 2.24) is 4.90 Å². The Morgan fingerprint density at radius 2 is 1.22 bits per heavy atom. The van der Waals surface area contributed by atoms with Gasteiger partial charge >= 0.3 is 5.97 Å². The first-order chi connectivity index (χ1) is 15.5. The van der Waals surface area contributed by atoms with E-state index in [4.69, 9.17) is 4.74 Å². The minimum atomic E-state index is -0.247. The predicted molar refractivity (Wildman–Crippen MR) is 132 cm³/mol. The van der Waals surface area contributed by atoms with E-state index in [0.717, 1.165) is 54.6 Å². The maximum Gasteiger partial charge on any atom is 0.330 e. The van der Waals surface area contributed by atoms with Crippen molar-refractivity contribution >= 4 is 5.97 Å². The Kier molecular flexibility index (Phi) is 8.76. The molecule has 0 amide bonds. The molecule has 4 aliphatic carbocycles. The van der Waals surface area contributed by atoms with Gasteiger partial charge in [-0.1, -0.05) is 46.1 Å². The van der Waals surface area contributed by atoms with E-state index >= 15 is 0 Å². The number of carbonyl (C=O) groups excluding carboxylic acids is 1. The first-order valence-corrected chi connectivity index (χ1v) is 14.1. The number of ether oxygens (including phenoxy) is 1. The van der Waals surface area contributed by atoms with Crippen LogP contribution in [-0.2, 0) is 9.53 Å². The second-order valence-corrected chi connectivity index (χ2v) is 12.0. The van der Waals surface area contributed by atoms with Crippen molar-refractivity contribution in [3.05, 3.63) is 12.7 Å². The van der Waals surface area contributed by atoms with Crippen LogP contribution in [0.1, 0.15) is 117 Å². The van der Waals surface area contributed by atoms with Crippen molar-refractivity contribution in [2.75, 3.05) is 0 Å². The zero-order valence-corrected chi connectivity index (χ0v) is 21.0. The lowest BCUT2D eigenvalue weighted by Gasteiger charge is -2.50. The molecule has 0 saturated heterocycles. The third kappa shape index (κ3) is 6.19. The normalized spacial score (nSPS) is 41.2. The topological polar surface area (TPSA) is 29.5 Å². The molecule has 0 aromatic carbocycles. The fourth-order valence-electron chi connectivity index (χ4n) is 8.00.